The summed E-state index contributed by atoms with van der Waals surface area (Å²) in [5.74, 6) is -0.457. The molecule has 0 saturated carbocycles. The molecule has 4 rings (SSSR count). The van der Waals surface area contributed by atoms with Crippen LogP contribution in [0.2, 0.25) is 0 Å². The van der Waals surface area contributed by atoms with Crippen molar-refractivity contribution in [3.63, 3.8) is 0 Å². The number of imidazole rings is 1. The van der Waals surface area contributed by atoms with Crippen molar-refractivity contribution in [2.24, 2.45) is 5.92 Å². The summed E-state index contributed by atoms with van der Waals surface area (Å²) in [6, 6.07) is 17.1. The van der Waals surface area contributed by atoms with Crippen LogP contribution in [0.5, 0.6) is 0 Å². The number of hydrogen-bond acceptors (Lipinski definition) is 4. The highest BCUT2D eigenvalue weighted by Gasteiger charge is 2.30. The molecule has 1 N–H and O–H groups in total. The van der Waals surface area contributed by atoms with Gasteiger partial charge in [0.05, 0.1) is 24.1 Å². The van der Waals surface area contributed by atoms with E-state index in [1.165, 1.54) is 27.9 Å². The summed E-state index contributed by atoms with van der Waals surface area (Å²) in [5.41, 5.74) is 0.870. The average Bonchev–Trinajstić information content (AvgIpc) is 3.53. The minimum atomic E-state index is -4.47. The van der Waals surface area contributed by atoms with Crippen LogP contribution >= 0.6 is 0 Å². The number of amides is 2. The molecule has 4 aromatic rings. The number of rotatable bonds is 8. The van der Waals surface area contributed by atoms with E-state index in [4.69, 9.17) is 4.42 Å². The van der Waals surface area contributed by atoms with E-state index < -0.39 is 17.6 Å². The zero-order valence-electron chi connectivity index (χ0n) is 20.2. The van der Waals surface area contributed by atoms with Crippen LogP contribution in [0.3, 0.4) is 0 Å². The number of nitrogens with zero attached hydrogens (tertiary/aromatic N) is 3. The van der Waals surface area contributed by atoms with Crippen LogP contribution < -0.4 is 5.32 Å². The molecule has 37 heavy (non-hydrogen) atoms. The minimum Gasteiger partial charge on any atom is -0.467 e. The maximum absolute atomic E-state index is 13.1. The summed E-state index contributed by atoms with van der Waals surface area (Å²) in [4.78, 5) is 31.7. The molecular weight excluding hydrogens is 485 g/mol. The standard InChI is InChI=1S/C27H25F3N4O3/c1-18(2)25(36)33(15-22-9-6-14-37-22)17-24(35)32-26-31-23(19-7-4-3-5-8-19)16-34(26)21-12-10-20(11-13-21)27(28,29)30/h3-14,16,18H,15,17H2,1-2H3,(H,31,32,35). The predicted molar refractivity (Wildman–Crippen MR) is 132 cm³/mol. The molecule has 192 valence electrons. The van der Waals surface area contributed by atoms with Crippen molar-refractivity contribution in [3.05, 3.63) is 90.5 Å². The van der Waals surface area contributed by atoms with Crippen LogP contribution in [0.25, 0.3) is 16.9 Å². The Kier molecular flexibility index (Phi) is 7.47. The fourth-order valence-electron chi connectivity index (χ4n) is 3.73. The molecule has 0 bridgehead atoms. The van der Waals surface area contributed by atoms with Crippen LogP contribution in [-0.2, 0) is 22.3 Å². The summed E-state index contributed by atoms with van der Waals surface area (Å²) >= 11 is 0. The minimum absolute atomic E-state index is 0.110. The second kappa shape index (κ2) is 10.7. The van der Waals surface area contributed by atoms with Gasteiger partial charge in [-0.15, -0.1) is 0 Å². The van der Waals surface area contributed by atoms with E-state index in [1.807, 2.05) is 30.3 Å². The van der Waals surface area contributed by atoms with Crippen LogP contribution in [0, 0.1) is 5.92 Å². The number of halogens is 3. The fraction of sp³-hybridized carbons (Fsp3) is 0.222. The second-order valence-electron chi connectivity index (χ2n) is 8.71. The van der Waals surface area contributed by atoms with Crippen LogP contribution in [0.1, 0.15) is 25.2 Å². The van der Waals surface area contributed by atoms with E-state index in [-0.39, 0.29) is 30.9 Å². The molecule has 0 unspecified atom stereocenters. The third-order valence-corrected chi connectivity index (χ3v) is 5.57. The first-order valence-corrected chi connectivity index (χ1v) is 11.6. The van der Waals surface area contributed by atoms with Gasteiger partial charge >= 0.3 is 6.18 Å². The van der Waals surface area contributed by atoms with Gasteiger partial charge in [-0.1, -0.05) is 44.2 Å². The van der Waals surface area contributed by atoms with Gasteiger partial charge in [-0.2, -0.15) is 13.2 Å². The Morgan fingerprint density at radius 1 is 1.03 bits per heavy atom. The first kappa shape index (κ1) is 25.7. The molecule has 2 aromatic heterocycles. The van der Waals surface area contributed by atoms with Gasteiger partial charge in [0.1, 0.15) is 12.3 Å². The van der Waals surface area contributed by atoms with Crippen LogP contribution in [-0.4, -0.2) is 32.8 Å². The predicted octanol–water partition coefficient (Wildman–Crippen LogP) is 5.77. The van der Waals surface area contributed by atoms with Crippen molar-refractivity contribution in [2.75, 3.05) is 11.9 Å². The van der Waals surface area contributed by atoms with Crippen LogP contribution in [0.4, 0.5) is 19.1 Å². The summed E-state index contributed by atoms with van der Waals surface area (Å²) in [6.45, 7) is 3.32. The second-order valence-corrected chi connectivity index (χ2v) is 8.71. The Labute approximate surface area is 211 Å². The number of furan rings is 1. The van der Waals surface area contributed by atoms with Gasteiger partial charge in [0.15, 0.2) is 0 Å². The quantitative estimate of drug-likeness (QED) is 0.326. The Morgan fingerprint density at radius 3 is 2.32 bits per heavy atom. The van der Waals surface area contributed by atoms with Gasteiger partial charge in [0, 0.05) is 23.4 Å². The lowest BCUT2D eigenvalue weighted by Gasteiger charge is -2.23. The molecule has 0 saturated heterocycles. The van der Waals surface area contributed by atoms with Crippen molar-refractivity contribution in [1.29, 1.82) is 0 Å². The monoisotopic (exact) mass is 510 g/mol. The molecule has 2 amide bonds. The summed E-state index contributed by atoms with van der Waals surface area (Å²) in [6.07, 6.45) is -1.35. The van der Waals surface area contributed by atoms with E-state index in [2.05, 4.69) is 10.3 Å². The summed E-state index contributed by atoms with van der Waals surface area (Å²) in [7, 11) is 0. The van der Waals surface area contributed by atoms with E-state index in [9.17, 15) is 22.8 Å². The number of aromatic nitrogens is 2. The molecule has 2 aromatic carbocycles. The zero-order chi connectivity index (χ0) is 26.6. The number of nitrogens with one attached hydrogen (secondary N) is 1. The van der Waals surface area contributed by atoms with Gasteiger partial charge in [0.2, 0.25) is 17.8 Å². The third kappa shape index (κ3) is 6.27. The highest BCUT2D eigenvalue weighted by atomic mass is 19.4. The lowest BCUT2D eigenvalue weighted by Crippen LogP contribution is -2.39. The van der Waals surface area contributed by atoms with Crippen LogP contribution in [0.15, 0.2) is 83.6 Å². The highest BCUT2D eigenvalue weighted by Crippen LogP contribution is 2.31. The van der Waals surface area contributed by atoms with Gasteiger partial charge in [-0.3, -0.25) is 19.5 Å². The van der Waals surface area contributed by atoms with E-state index in [1.54, 1.807) is 32.2 Å². The van der Waals surface area contributed by atoms with E-state index in [0.717, 1.165) is 17.7 Å². The average molecular weight is 511 g/mol. The lowest BCUT2D eigenvalue weighted by molar-refractivity contribution is -0.138. The maximum atomic E-state index is 13.1. The topological polar surface area (TPSA) is 80.4 Å². The van der Waals surface area contributed by atoms with E-state index in [0.29, 0.717) is 17.1 Å². The molecule has 0 radical (unpaired) electrons. The zero-order valence-corrected chi connectivity index (χ0v) is 20.2. The smallest absolute Gasteiger partial charge is 0.416 e. The van der Waals surface area contributed by atoms with Crippen molar-refractivity contribution in [3.8, 4) is 16.9 Å². The van der Waals surface area contributed by atoms with Crippen molar-refractivity contribution in [2.45, 2.75) is 26.6 Å². The molecule has 0 aliphatic heterocycles. The van der Waals surface area contributed by atoms with Crippen molar-refractivity contribution in [1.82, 2.24) is 14.5 Å². The summed E-state index contributed by atoms with van der Waals surface area (Å²) in [5, 5.41) is 2.71. The number of benzene rings is 2. The molecule has 0 spiro atoms. The molecule has 0 aliphatic carbocycles. The number of anilines is 1. The third-order valence-electron chi connectivity index (χ3n) is 5.57. The molecular formula is C27H25F3N4O3. The fourth-order valence-corrected chi connectivity index (χ4v) is 3.73. The molecule has 0 fully saturated rings. The Balaban J connectivity index is 1.63. The van der Waals surface area contributed by atoms with Gasteiger partial charge < -0.3 is 9.32 Å². The van der Waals surface area contributed by atoms with Gasteiger partial charge in [0.25, 0.3) is 0 Å². The van der Waals surface area contributed by atoms with E-state index >= 15 is 0 Å². The lowest BCUT2D eigenvalue weighted by atomic mass is 10.2. The normalized spacial score (nSPS) is 11.5. The summed E-state index contributed by atoms with van der Waals surface area (Å²) < 4.78 is 46.0. The molecule has 7 nitrogen and oxygen atoms in total. The first-order valence-electron chi connectivity index (χ1n) is 11.6. The first-order chi connectivity index (χ1) is 17.6. The molecule has 10 heteroatoms. The van der Waals surface area contributed by atoms with Crippen molar-refractivity contribution >= 4 is 17.8 Å². The van der Waals surface area contributed by atoms with Crippen molar-refractivity contribution < 1.29 is 27.2 Å². The molecule has 0 atom stereocenters. The SMILES string of the molecule is CC(C)C(=O)N(CC(=O)Nc1nc(-c2ccccc2)cn1-c1ccc(C(F)(F)F)cc1)Cc1ccco1. The Bertz CT molecular complexity index is 1350. The number of hydrogen-bond donors (Lipinski definition) is 1. The Morgan fingerprint density at radius 2 is 1.73 bits per heavy atom. The molecule has 2 heterocycles. The Hall–Kier alpha value is -4.34. The number of alkyl halides is 3. The highest BCUT2D eigenvalue weighted by molar-refractivity contribution is 5.94. The maximum Gasteiger partial charge on any atom is 0.416 e. The number of carbonyl (C=O) groups is 2. The van der Waals surface area contributed by atoms with Gasteiger partial charge in [-0.25, -0.2) is 4.98 Å². The number of carbonyl (C=O) groups excluding carboxylic acids is 2. The largest absolute Gasteiger partial charge is 0.467 e. The molecule has 0 aliphatic rings. The van der Waals surface area contributed by atoms with Gasteiger partial charge in [-0.05, 0) is 36.4 Å².